The molecule has 41 heavy (non-hydrogen) atoms. The third-order valence-electron chi connectivity index (χ3n) is 8.64. The zero-order chi connectivity index (χ0) is 29.6. The van der Waals surface area contributed by atoms with Crippen LogP contribution < -0.4 is 0 Å². The molecular formula is C32H43BrN2O6. The molecule has 3 aliphatic heterocycles. The Kier molecular flexibility index (Phi) is 10.8. The maximum Gasteiger partial charge on any atom is 0.312 e. The van der Waals surface area contributed by atoms with E-state index in [1.54, 1.807) is 17.1 Å². The van der Waals surface area contributed by atoms with Gasteiger partial charge in [-0.3, -0.25) is 14.4 Å². The van der Waals surface area contributed by atoms with Crippen LogP contribution in [0.2, 0.25) is 0 Å². The molecule has 2 amide bonds. The van der Waals surface area contributed by atoms with Gasteiger partial charge in [0.2, 0.25) is 11.8 Å². The minimum atomic E-state index is -1.20. The van der Waals surface area contributed by atoms with Gasteiger partial charge in [0.05, 0.1) is 37.2 Å². The number of nitrogens with zero attached hydrogens (tertiary/aromatic N) is 2. The second-order valence-electron chi connectivity index (χ2n) is 11.3. The molecule has 3 fully saturated rings. The number of amides is 2. The van der Waals surface area contributed by atoms with Gasteiger partial charge in [0, 0.05) is 17.9 Å². The van der Waals surface area contributed by atoms with Crippen molar-refractivity contribution < 1.29 is 29.0 Å². The Morgan fingerprint density at radius 1 is 1.24 bits per heavy atom. The van der Waals surface area contributed by atoms with Crippen molar-refractivity contribution in [1.29, 1.82) is 0 Å². The Labute approximate surface area is 251 Å². The molecule has 3 aliphatic rings. The Bertz CT molecular complexity index is 1100. The maximum atomic E-state index is 14.5. The van der Waals surface area contributed by atoms with E-state index < -0.39 is 41.6 Å². The van der Waals surface area contributed by atoms with Gasteiger partial charge < -0.3 is 24.4 Å². The van der Waals surface area contributed by atoms with Gasteiger partial charge in [0.1, 0.15) is 11.6 Å². The monoisotopic (exact) mass is 630 g/mol. The van der Waals surface area contributed by atoms with Crippen LogP contribution in [0.4, 0.5) is 0 Å². The van der Waals surface area contributed by atoms with Crippen molar-refractivity contribution in [1.82, 2.24) is 9.80 Å². The summed E-state index contributed by atoms with van der Waals surface area (Å²) < 4.78 is 12.2. The zero-order valence-electron chi connectivity index (χ0n) is 24.0. The second kappa shape index (κ2) is 14.1. The van der Waals surface area contributed by atoms with Crippen LogP contribution >= 0.6 is 15.9 Å². The summed E-state index contributed by atoms with van der Waals surface area (Å²) >= 11 is 3.71. The highest BCUT2D eigenvalue weighted by Gasteiger charge is 2.77. The summed E-state index contributed by atoms with van der Waals surface area (Å²) in [7, 11) is 0. The fourth-order valence-corrected chi connectivity index (χ4v) is 7.76. The average molecular weight is 632 g/mol. The summed E-state index contributed by atoms with van der Waals surface area (Å²) in [5.74, 6) is -2.75. The number of carbonyl (C=O) groups is 3. The lowest BCUT2D eigenvalue weighted by Gasteiger charge is -2.39. The minimum absolute atomic E-state index is 0.220. The molecule has 0 saturated carbocycles. The van der Waals surface area contributed by atoms with Crippen LogP contribution in [0.25, 0.3) is 0 Å². The number of esters is 1. The summed E-state index contributed by atoms with van der Waals surface area (Å²) in [5.41, 5.74) is -0.265. The Morgan fingerprint density at radius 2 is 2.00 bits per heavy atom. The summed E-state index contributed by atoms with van der Waals surface area (Å²) in [4.78, 5) is 45.4. The fourth-order valence-electron chi connectivity index (χ4n) is 6.82. The summed E-state index contributed by atoms with van der Waals surface area (Å²) in [6.45, 7) is 10.4. The molecule has 3 unspecified atom stereocenters. The average Bonchev–Trinajstić information content (AvgIpc) is 3.57. The number of allylic oxidation sites excluding steroid dienone is 1. The zero-order valence-corrected chi connectivity index (χ0v) is 25.5. The van der Waals surface area contributed by atoms with Crippen molar-refractivity contribution in [3.8, 4) is 0 Å². The first-order valence-electron chi connectivity index (χ1n) is 14.8. The normalized spacial score (nSPS) is 28.8. The van der Waals surface area contributed by atoms with Gasteiger partial charge in [-0.15, -0.1) is 13.2 Å². The topological polar surface area (TPSA) is 96.4 Å². The van der Waals surface area contributed by atoms with Crippen LogP contribution in [0.3, 0.4) is 0 Å². The molecular weight excluding hydrogens is 588 g/mol. The number of fused-ring (bicyclic) bond motifs is 1. The smallest absolute Gasteiger partial charge is 0.312 e. The van der Waals surface area contributed by atoms with Crippen LogP contribution in [0.5, 0.6) is 0 Å². The van der Waals surface area contributed by atoms with Crippen molar-refractivity contribution in [3.63, 3.8) is 0 Å². The van der Waals surface area contributed by atoms with E-state index in [1.165, 1.54) is 4.90 Å². The van der Waals surface area contributed by atoms with Crippen LogP contribution in [0, 0.1) is 11.8 Å². The molecule has 0 aliphatic carbocycles. The van der Waals surface area contributed by atoms with Crippen LogP contribution in [0.15, 0.2) is 55.6 Å². The van der Waals surface area contributed by atoms with Gasteiger partial charge in [-0.05, 0) is 37.7 Å². The molecule has 4 rings (SSSR count). The highest BCUT2D eigenvalue weighted by atomic mass is 79.9. The first kappa shape index (κ1) is 31.4. The Hall–Kier alpha value is -2.49. The molecule has 224 valence electrons. The summed E-state index contributed by atoms with van der Waals surface area (Å²) in [6.07, 6.45) is 7.80. The van der Waals surface area contributed by atoms with E-state index in [-0.39, 0.29) is 29.9 Å². The van der Waals surface area contributed by atoms with Crippen molar-refractivity contribution >= 4 is 33.7 Å². The number of alkyl halides is 1. The van der Waals surface area contributed by atoms with Gasteiger partial charge in [-0.1, -0.05) is 78.2 Å². The lowest BCUT2D eigenvalue weighted by Crippen LogP contribution is -2.59. The van der Waals surface area contributed by atoms with Crippen LogP contribution in [0.1, 0.15) is 51.0 Å². The summed E-state index contributed by atoms with van der Waals surface area (Å²) in [6, 6.07) is 7.95. The molecule has 2 bridgehead atoms. The number of hydrogen-bond acceptors (Lipinski definition) is 6. The number of unbranched alkanes of at least 4 members (excludes halogenated alkanes) is 3. The number of benzene rings is 1. The molecule has 7 atom stereocenters. The molecule has 1 N–H and O–H groups in total. The van der Waals surface area contributed by atoms with E-state index in [0.717, 1.165) is 24.8 Å². The number of halogens is 1. The molecule has 0 aromatic heterocycles. The van der Waals surface area contributed by atoms with Crippen molar-refractivity contribution in [3.05, 3.63) is 61.2 Å². The SMILES string of the molecule is C=CCCCOC(=O)[C@H]1[C@@H]2OC3(CC2Br)C(C(=O)N(CC=C)CCCCC)N([C@@H](CO)Cc2ccccc2)C(=O)[C@H]13. The highest BCUT2D eigenvalue weighted by molar-refractivity contribution is 9.09. The molecule has 3 heterocycles. The lowest BCUT2D eigenvalue weighted by atomic mass is 9.70. The van der Waals surface area contributed by atoms with Gasteiger partial charge in [0.15, 0.2) is 0 Å². The number of aliphatic hydroxyl groups is 1. The second-order valence-corrected chi connectivity index (χ2v) is 12.5. The predicted molar refractivity (Wildman–Crippen MR) is 160 cm³/mol. The van der Waals surface area contributed by atoms with Gasteiger partial charge in [-0.25, -0.2) is 0 Å². The number of hydrogen-bond donors (Lipinski definition) is 1. The van der Waals surface area contributed by atoms with Crippen LogP contribution in [-0.2, 0) is 30.3 Å². The fraction of sp³-hybridized carbons (Fsp3) is 0.594. The standard InChI is InChI=1S/C32H43BrN2O6/c1-4-7-12-17-34(16-6-3)30(38)28-32-20-24(33)27(41-32)25(31(39)40-18-13-8-5-2)26(32)29(37)35(28)23(21-36)19-22-14-10-9-11-15-22/h5-6,9-11,14-15,23-28,36H,2-4,7-8,12-13,16-21H2,1H3/t23-,24?,25-,26+,27-,28?,32?/m1/s1. The van der Waals surface area contributed by atoms with Crippen molar-refractivity contribution in [2.75, 3.05) is 26.3 Å². The van der Waals surface area contributed by atoms with Crippen LogP contribution in [-0.4, -0.2) is 87.6 Å². The predicted octanol–water partition coefficient (Wildman–Crippen LogP) is 4.05. The molecule has 9 heteroatoms. The third kappa shape index (κ3) is 6.18. The number of carbonyl (C=O) groups excluding carboxylic acids is 3. The molecule has 8 nitrogen and oxygen atoms in total. The molecule has 1 aromatic rings. The molecule has 1 aromatic carbocycles. The lowest BCUT2D eigenvalue weighted by molar-refractivity contribution is -0.156. The minimum Gasteiger partial charge on any atom is -0.465 e. The Morgan fingerprint density at radius 3 is 2.66 bits per heavy atom. The highest BCUT2D eigenvalue weighted by Crippen LogP contribution is 2.60. The van der Waals surface area contributed by atoms with Gasteiger partial charge in [0.25, 0.3) is 0 Å². The van der Waals surface area contributed by atoms with Crippen molar-refractivity contribution in [2.24, 2.45) is 11.8 Å². The first-order chi connectivity index (χ1) is 19.8. The van der Waals surface area contributed by atoms with E-state index in [2.05, 4.69) is 36.0 Å². The van der Waals surface area contributed by atoms with Crippen molar-refractivity contribution in [2.45, 2.75) is 80.5 Å². The Balaban J connectivity index is 1.73. The van der Waals surface area contributed by atoms with E-state index in [0.29, 0.717) is 38.8 Å². The molecule has 0 radical (unpaired) electrons. The summed E-state index contributed by atoms with van der Waals surface area (Å²) in [5, 5.41) is 10.6. The quantitative estimate of drug-likeness (QED) is 0.128. The number of aliphatic hydroxyl groups excluding tert-OH is 1. The maximum absolute atomic E-state index is 14.5. The largest absolute Gasteiger partial charge is 0.465 e. The number of ether oxygens (including phenoxy) is 2. The van der Waals surface area contributed by atoms with Gasteiger partial charge >= 0.3 is 5.97 Å². The first-order valence-corrected chi connectivity index (χ1v) is 15.7. The van der Waals surface area contributed by atoms with E-state index in [1.807, 2.05) is 30.3 Å². The molecule has 1 spiro atoms. The van der Waals surface area contributed by atoms with E-state index in [9.17, 15) is 19.5 Å². The number of likely N-dealkylation sites (tertiary alicyclic amines) is 1. The van der Waals surface area contributed by atoms with Gasteiger partial charge in [-0.2, -0.15) is 0 Å². The third-order valence-corrected chi connectivity index (χ3v) is 9.49. The number of rotatable bonds is 16. The molecule has 3 saturated heterocycles. The van der Waals surface area contributed by atoms with E-state index >= 15 is 0 Å². The van der Waals surface area contributed by atoms with E-state index in [4.69, 9.17) is 9.47 Å².